The van der Waals surface area contributed by atoms with Crippen LogP contribution in [-0.2, 0) is 4.79 Å². The number of carbonyl (C=O) groups is 1. The first-order chi connectivity index (χ1) is 14.7. The predicted molar refractivity (Wildman–Crippen MR) is 112 cm³/mol. The summed E-state index contributed by atoms with van der Waals surface area (Å²) in [4.78, 5) is 21.2. The van der Waals surface area contributed by atoms with Crippen LogP contribution in [0.5, 0.6) is 0 Å². The summed E-state index contributed by atoms with van der Waals surface area (Å²) in [7, 11) is 0. The van der Waals surface area contributed by atoms with Crippen molar-refractivity contribution in [3.8, 4) is 5.82 Å². The number of carbonyl (C=O) groups excluding carboxylic acids is 1. The molecule has 1 aliphatic carbocycles. The Bertz CT molecular complexity index is 995. The van der Waals surface area contributed by atoms with Gasteiger partial charge in [-0.3, -0.25) is 4.79 Å². The maximum atomic E-state index is 12.3. The van der Waals surface area contributed by atoms with Gasteiger partial charge in [-0.25, -0.2) is 9.67 Å². The number of amides is 1. The van der Waals surface area contributed by atoms with E-state index in [9.17, 15) is 4.79 Å². The smallest absolute Gasteiger partial charge is 0.224 e. The Balaban J connectivity index is 1.37. The first kappa shape index (κ1) is 20.2. The molecule has 1 fully saturated rings. The number of aromatic nitrogens is 4. The minimum atomic E-state index is -0.595. The van der Waals surface area contributed by atoms with Crippen LogP contribution in [0.15, 0.2) is 42.7 Å². The summed E-state index contributed by atoms with van der Waals surface area (Å²) in [5, 5.41) is 29.8. The molecule has 0 unspecified atom stereocenters. The summed E-state index contributed by atoms with van der Waals surface area (Å²) in [6.45, 7) is -0.531. The van der Waals surface area contributed by atoms with Crippen molar-refractivity contribution in [1.29, 1.82) is 0 Å². The first-order valence-corrected chi connectivity index (χ1v) is 10.2. The normalized spacial score (nSPS) is 19.2. The SMILES string of the molecule is O=C(NC(CO)CO)C1CCC(Nc2nccc(-n3ncc4ccccc43)n2)CC1. The summed E-state index contributed by atoms with van der Waals surface area (Å²) in [5.41, 5.74) is 0.984. The van der Waals surface area contributed by atoms with E-state index in [0.717, 1.165) is 36.6 Å². The monoisotopic (exact) mass is 410 g/mol. The maximum absolute atomic E-state index is 12.3. The van der Waals surface area contributed by atoms with E-state index in [-0.39, 0.29) is 31.1 Å². The van der Waals surface area contributed by atoms with E-state index in [1.807, 2.05) is 36.5 Å². The predicted octanol–water partition coefficient (Wildman–Crippen LogP) is 1.26. The van der Waals surface area contributed by atoms with Crippen LogP contribution in [0, 0.1) is 5.92 Å². The number of anilines is 1. The zero-order valence-electron chi connectivity index (χ0n) is 16.6. The number of aliphatic hydroxyl groups excluding tert-OH is 2. The molecule has 0 atom stereocenters. The highest BCUT2D eigenvalue weighted by Gasteiger charge is 2.27. The minimum absolute atomic E-state index is 0.105. The van der Waals surface area contributed by atoms with Crippen molar-refractivity contribution >= 4 is 22.8 Å². The molecule has 4 rings (SSSR count). The Hall–Kier alpha value is -3.04. The lowest BCUT2D eigenvalue weighted by Gasteiger charge is -2.29. The standard InChI is InChI=1S/C21H26N6O3/c28-12-17(13-29)24-20(30)14-5-7-16(8-6-14)25-21-22-10-9-19(26-21)27-18-4-2-1-3-15(18)11-23-27/h1-4,9-11,14,16-17,28-29H,5-8,12-13H2,(H,24,30)(H,22,25,26). The Morgan fingerprint density at radius 3 is 2.67 bits per heavy atom. The Kier molecular flexibility index (Phi) is 6.20. The summed E-state index contributed by atoms with van der Waals surface area (Å²) in [5.74, 6) is 1.03. The van der Waals surface area contributed by atoms with Crippen LogP contribution in [0.4, 0.5) is 5.95 Å². The summed E-state index contributed by atoms with van der Waals surface area (Å²) >= 11 is 0. The number of rotatable bonds is 7. The van der Waals surface area contributed by atoms with Gasteiger partial charge in [-0.1, -0.05) is 18.2 Å². The molecule has 0 radical (unpaired) electrons. The number of fused-ring (bicyclic) bond motifs is 1. The van der Waals surface area contributed by atoms with Crippen LogP contribution < -0.4 is 10.6 Å². The van der Waals surface area contributed by atoms with Gasteiger partial charge in [-0.05, 0) is 31.7 Å². The Morgan fingerprint density at radius 2 is 1.90 bits per heavy atom. The molecule has 1 amide bonds. The average molecular weight is 410 g/mol. The fourth-order valence-corrected chi connectivity index (χ4v) is 3.84. The second-order valence-corrected chi connectivity index (χ2v) is 7.62. The molecule has 2 heterocycles. The number of aliphatic hydroxyl groups is 2. The van der Waals surface area contributed by atoms with Crippen LogP contribution in [-0.4, -0.2) is 61.2 Å². The number of hydrogen-bond donors (Lipinski definition) is 4. The third-order valence-corrected chi connectivity index (χ3v) is 5.55. The first-order valence-electron chi connectivity index (χ1n) is 10.2. The van der Waals surface area contributed by atoms with E-state index in [2.05, 4.69) is 25.7 Å². The fraction of sp³-hybridized carbons (Fsp3) is 0.429. The van der Waals surface area contributed by atoms with Gasteiger partial charge in [0.25, 0.3) is 0 Å². The van der Waals surface area contributed by atoms with Crippen LogP contribution in [0.1, 0.15) is 25.7 Å². The number of benzene rings is 1. The van der Waals surface area contributed by atoms with Gasteiger partial charge in [-0.15, -0.1) is 0 Å². The van der Waals surface area contributed by atoms with Gasteiger partial charge < -0.3 is 20.8 Å². The van der Waals surface area contributed by atoms with Crippen molar-refractivity contribution in [1.82, 2.24) is 25.1 Å². The highest BCUT2D eigenvalue weighted by molar-refractivity contribution is 5.80. The number of nitrogens with one attached hydrogen (secondary N) is 2. The third-order valence-electron chi connectivity index (χ3n) is 5.55. The van der Waals surface area contributed by atoms with E-state index in [1.165, 1.54) is 0 Å². The van der Waals surface area contributed by atoms with Crippen molar-refractivity contribution < 1.29 is 15.0 Å². The molecule has 1 saturated carbocycles. The molecule has 0 bridgehead atoms. The molecular weight excluding hydrogens is 384 g/mol. The number of nitrogens with zero attached hydrogens (tertiary/aromatic N) is 4. The molecule has 1 aromatic carbocycles. The molecule has 30 heavy (non-hydrogen) atoms. The number of hydrogen-bond acceptors (Lipinski definition) is 7. The Labute approximate surface area is 174 Å². The zero-order chi connectivity index (χ0) is 20.9. The largest absolute Gasteiger partial charge is 0.394 e. The molecule has 2 aromatic heterocycles. The molecule has 3 aromatic rings. The van der Waals surface area contributed by atoms with E-state index in [0.29, 0.717) is 11.8 Å². The molecule has 9 nitrogen and oxygen atoms in total. The second-order valence-electron chi connectivity index (χ2n) is 7.62. The average Bonchev–Trinajstić information content (AvgIpc) is 3.22. The second kappa shape index (κ2) is 9.19. The van der Waals surface area contributed by atoms with E-state index in [1.54, 1.807) is 10.9 Å². The quantitative estimate of drug-likeness (QED) is 0.462. The van der Waals surface area contributed by atoms with Crippen molar-refractivity contribution in [3.05, 3.63) is 42.7 Å². The van der Waals surface area contributed by atoms with Crippen molar-refractivity contribution in [3.63, 3.8) is 0 Å². The van der Waals surface area contributed by atoms with Crippen LogP contribution in [0.3, 0.4) is 0 Å². The van der Waals surface area contributed by atoms with Crippen molar-refractivity contribution in [2.75, 3.05) is 18.5 Å². The van der Waals surface area contributed by atoms with E-state index < -0.39 is 6.04 Å². The van der Waals surface area contributed by atoms with Gasteiger partial charge in [0.1, 0.15) is 0 Å². The molecule has 1 aliphatic rings. The topological polar surface area (TPSA) is 125 Å². The highest BCUT2D eigenvalue weighted by Crippen LogP contribution is 2.26. The summed E-state index contributed by atoms with van der Waals surface area (Å²) in [6.07, 6.45) is 6.63. The lowest BCUT2D eigenvalue weighted by molar-refractivity contribution is -0.127. The molecule has 0 spiro atoms. The summed E-state index contributed by atoms with van der Waals surface area (Å²) in [6, 6.07) is 9.38. The van der Waals surface area contributed by atoms with Gasteiger partial charge in [0.15, 0.2) is 5.82 Å². The van der Waals surface area contributed by atoms with Gasteiger partial charge in [0, 0.05) is 29.6 Å². The van der Waals surface area contributed by atoms with Crippen molar-refractivity contribution in [2.24, 2.45) is 5.92 Å². The maximum Gasteiger partial charge on any atom is 0.224 e. The zero-order valence-corrected chi connectivity index (χ0v) is 16.6. The molecule has 9 heteroatoms. The van der Waals surface area contributed by atoms with E-state index >= 15 is 0 Å². The molecule has 4 N–H and O–H groups in total. The van der Waals surface area contributed by atoms with Gasteiger partial charge in [0.2, 0.25) is 11.9 Å². The summed E-state index contributed by atoms with van der Waals surface area (Å²) < 4.78 is 1.79. The molecule has 158 valence electrons. The van der Waals surface area contributed by atoms with Gasteiger partial charge >= 0.3 is 0 Å². The molecular formula is C21H26N6O3. The van der Waals surface area contributed by atoms with Crippen LogP contribution in [0.25, 0.3) is 16.7 Å². The van der Waals surface area contributed by atoms with E-state index in [4.69, 9.17) is 10.2 Å². The van der Waals surface area contributed by atoms with Gasteiger partial charge in [-0.2, -0.15) is 10.1 Å². The number of para-hydroxylation sites is 1. The molecule has 0 aliphatic heterocycles. The lowest BCUT2D eigenvalue weighted by atomic mass is 9.85. The minimum Gasteiger partial charge on any atom is -0.394 e. The van der Waals surface area contributed by atoms with Gasteiger partial charge in [0.05, 0.1) is 31.0 Å². The van der Waals surface area contributed by atoms with Crippen molar-refractivity contribution in [2.45, 2.75) is 37.8 Å². The molecule has 0 saturated heterocycles. The Morgan fingerprint density at radius 1 is 1.13 bits per heavy atom. The highest BCUT2D eigenvalue weighted by atomic mass is 16.3. The van der Waals surface area contributed by atoms with Crippen LogP contribution >= 0.6 is 0 Å². The fourth-order valence-electron chi connectivity index (χ4n) is 3.84. The third kappa shape index (κ3) is 4.42. The van der Waals surface area contributed by atoms with Crippen LogP contribution in [0.2, 0.25) is 0 Å². The lowest BCUT2D eigenvalue weighted by Crippen LogP contribution is -2.44.